The fourth-order valence-electron chi connectivity index (χ4n) is 8.73. The van der Waals surface area contributed by atoms with E-state index in [9.17, 15) is 0 Å². The molecule has 0 aliphatic carbocycles. The van der Waals surface area contributed by atoms with Crippen molar-refractivity contribution in [3.8, 4) is 11.5 Å². The van der Waals surface area contributed by atoms with Crippen LogP contribution in [0.4, 0.5) is 5.82 Å². The lowest BCUT2D eigenvalue weighted by atomic mass is 9.77. The largest absolute Gasteiger partial charge is 0.497 e. The molecule has 4 heterocycles. The normalized spacial score (nSPS) is 18.5. The van der Waals surface area contributed by atoms with Crippen molar-refractivity contribution in [1.29, 1.82) is 0 Å². The molecule has 10 heteroatoms. The highest BCUT2D eigenvalue weighted by molar-refractivity contribution is 5.84. The summed E-state index contributed by atoms with van der Waals surface area (Å²) in [5.74, 6) is 2.11. The van der Waals surface area contributed by atoms with Gasteiger partial charge >= 0.3 is 0 Å². The fourth-order valence-corrected chi connectivity index (χ4v) is 8.73. The van der Waals surface area contributed by atoms with E-state index in [2.05, 4.69) is 78.1 Å². The molecule has 0 radical (unpaired) electrons. The Morgan fingerprint density at radius 1 is 0.550 bits per heavy atom. The highest BCUT2D eigenvalue weighted by Gasteiger charge is 2.60. The molecule has 2 fully saturated rings. The average molecular weight is 794 g/mol. The number of rotatable bonds is 14. The van der Waals surface area contributed by atoms with Crippen molar-refractivity contribution in [2.75, 3.05) is 26.1 Å². The molecule has 2 aliphatic rings. The molecule has 0 bridgehead atoms. The van der Waals surface area contributed by atoms with Crippen LogP contribution in [0, 0.1) is 0 Å². The number of epoxide rings is 1. The third-order valence-corrected chi connectivity index (χ3v) is 11.7. The number of fused-ring (bicyclic) bond motifs is 2. The minimum absolute atomic E-state index is 0.161. The first-order valence-corrected chi connectivity index (χ1v) is 20.0. The smallest absolute Gasteiger partial charge is 0.167 e. The molecule has 4 atom stereocenters. The zero-order chi connectivity index (χ0) is 40.5. The van der Waals surface area contributed by atoms with Crippen LogP contribution in [0.25, 0.3) is 11.2 Å². The lowest BCUT2D eigenvalue weighted by molar-refractivity contribution is -0.115. The number of anilines is 1. The average Bonchev–Trinajstić information content (AvgIpc) is 3.87. The van der Waals surface area contributed by atoms with Gasteiger partial charge in [-0.1, -0.05) is 146 Å². The summed E-state index contributed by atoms with van der Waals surface area (Å²) >= 11 is 0. The predicted octanol–water partition coefficient (Wildman–Crippen LogP) is 8.92. The maximum atomic E-state index is 7.20. The molecule has 2 aromatic heterocycles. The van der Waals surface area contributed by atoms with Crippen molar-refractivity contribution in [2.45, 2.75) is 35.7 Å². The molecule has 0 amide bonds. The fraction of sp³-hybridized carbons (Fsp3) is 0.180. The van der Waals surface area contributed by atoms with Crippen molar-refractivity contribution in [1.82, 2.24) is 19.5 Å². The molecule has 6 aromatic carbocycles. The third kappa shape index (κ3) is 6.46. The van der Waals surface area contributed by atoms with Crippen molar-refractivity contribution >= 4 is 17.0 Å². The van der Waals surface area contributed by atoms with Crippen molar-refractivity contribution in [2.24, 2.45) is 0 Å². The summed E-state index contributed by atoms with van der Waals surface area (Å²) in [5, 5.41) is 3.88. The molecule has 8 aromatic rings. The quantitative estimate of drug-likeness (QED) is 0.0854. The van der Waals surface area contributed by atoms with E-state index in [1.54, 1.807) is 26.9 Å². The highest BCUT2D eigenvalue weighted by atomic mass is 16.7. The topological polar surface area (TPSA) is 105 Å². The monoisotopic (exact) mass is 793 g/mol. The molecule has 0 saturated carbocycles. The summed E-state index contributed by atoms with van der Waals surface area (Å²) in [5.41, 5.74) is 5.46. The Balaban J connectivity index is 0.989. The Morgan fingerprint density at radius 3 is 1.57 bits per heavy atom. The lowest BCUT2D eigenvalue weighted by Crippen LogP contribution is -2.38. The predicted molar refractivity (Wildman–Crippen MR) is 229 cm³/mol. The number of benzene rings is 6. The number of hydrogen-bond donors (Lipinski definition) is 1. The molecule has 0 unspecified atom stereocenters. The number of nitrogens with one attached hydrogen (secondary N) is 1. The van der Waals surface area contributed by atoms with E-state index in [1.807, 2.05) is 102 Å². The second kappa shape index (κ2) is 15.7. The Kier molecular flexibility index (Phi) is 9.81. The minimum atomic E-state index is -0.940. The maximum absolute atomic E-state index is 7.20. The van der Waals surface area contributed by atoms with Gasteiger partial charge in [0.25, 0.3) is 0 Å². The molecule has 60 heavy (non-hydrogen) atoms. The van der Waals surface area contributed by atoms with E-state index < -0.39 is 17.4 Å². The highest BCUT2D eigenvalue weighted by Crippen LogP contribution is 2.48. The van der Waals surface area contributed by atoms with Gasteiger partial charge in [0, 0.05) is 0 Å². The van der Waals surface area contributed by atoms with E-state index in [0.29, 0.717) is 17.0 Å². The molecule has 2 aliphatic heterocycles. The van der Waals surface area contributed by atoms with Gasteiger partial charge in [0.05, 0.1) is 27.2 Å². The van der Waals surface area contributed by atoms with E-state index in [0.717, 1.165) is 44.9 Å². The van der Waals surface area contributed by atoms with Crippen LogP contribution in [-0.2, 0) is 25.4 Å². The lowest BCUT2D eigenvalue weighted by Gasteiger charge is -2.37. The van der Waals surface area contributed by atoms with Crippen LogP contribution in [0.5, 0.6) is 11.5 Å². The molecule has 0 spiro atoms. The van der Waals surface area contributed by atoms with Crippen LogP contribution in [0.2, 0.25) is 0 Å². The molecule has 2 saturated heterocycles. The van der Waals surface area contributed by atoms with Crippen LogP contribution >= 0.6 is 0 Å². The SMILES string of the molecule is COc1ccc(C(Nc2ncnc3c2ncn3[C@@H]2O[C@H](COC(c3ccccc3)(c3ccccc3)c3ccc(OC)cc3)[C@H]3O[C@H]32)(c2ccccc2)c2ccccc2)cc1. The summed E-state index contributed by atoms with van der Waals surface area (Å²) in [4.78, 5) is 14.5. The summed E-state index contributed by atoms with van der Waals surface area (Å²) in [6.07, 6.45) is 2.15. The minimum Gasteiger partial charge on any atom is -0.497 e. The number of imidazole rings is 1. The van der Waals surface area contributed by atoms with Gasteiger partial charge in [-0.15, -0.1) is 0 Å². The first-order chi connectivity index (χ1) is 29.6. The van der Waals surface area contributed by atoms with Crippen molar-refractivity contribution < 1.29 is 23.7 Å². The van der Waals surface area contributed by atoms with Gasteiger partial charge in [-0.05, 0) is 57.6 Å². The number of hydrogen-bond acceptors (Lipinski definition) is 9. The van der Waals surface area contributed by atoms with Crippen molar-refractivity contribution in [3.63, 3.8) is 0 Å². The second-order valence-electron chi connectivity index (χ2n) is 15.0. The van der Waals surface area contributed by atoms with E-state index in [-0.39, 0.29) is 24.9 Å². The second-order valence-corrected chi connectivity index (χ2v) is 15.0. The molecule has 1 N–H and O–H groups in total. The Morgan fingerprint density at radius 2 is 1.03 bits per heavy atom. The number of aromatic nitrogens is 4. The zero-order valence-corrected chi connectivity index (χ0v) is 33.2. The molecule has 298 valence electrons. The van der Waals surface area contributed by atoms with Crippen molar-refractivity contribution in [3.05, 3.63) is 216 Å². The standard InChI is InChI=1S/C50H43N5O5/c1-56-40-27-23-36(24-28-40)49(34-15-7-3-8-16-34,35-17-9-4-10-18-35)54-46-43-47(52-32-51-46)55(33-53-43)48-45-44(60-45)42(59-48)31-58-50(37-19-11-5-12-20-37,38-21-13-6-14-22-38)39-25-29-41(57-2)30-26-39/h3-30,32-33,42,44-45,48H,31H2,1-2H3,(H,51,52,54)/t42-,44-,45-,48-/m1/s1. The van der Waals surface area contributed by atoms with Gasteiger partial charge in [0.1, 0.15) is 47.3 Å². The Hall–Kier alpha value is -6.85. The zero-order valence-electron chi connectivity index (χ0n) is 33.2. The van der Waals surface area contributed by atoms with Gasteiger partial charge in [-0.25, -0.2) is 15.0 Å². The number of methoxy groups -OCH3 is 2. The van der Waals surface area contributed by atoms with Crippen LogP contribution in [0.3, 0.4) is 0 Å². The van der Waals surface area contributed by atoms with Gasteiger partial charge in [0.2, 0.25) is 0 Å². The summed E-state index contributed by atoms with van der Waals surface area (Å²) < 4.78 is 33.4. The van der Waals surface area contributed by atoms with Crippen LogP contribution < -0.4 is 14.8 Å². The summed E-state index contributed by atoms with van der Waals surface area (Å²) in [6, 6.07) is 57.5. The molecule has 10 rings (SSSR count). The van der Waals surface area contributed by atoms with Crippen LogP contribution in [0.15, 0.2) is 183 Å². The van der Waals surface area contributed by atoms with Crippen LogP contribution in [-0.4, -0.2) is 58.7 Å². The molecular weight excluding hydrogens is 751 g/mol. The third-order valence-electron chi connectivity index (χ3n) is 11.7. The van der Waals surface area contributed by atoms with Crippen LogP contribution in [0.1, 0.15) is 39.6 Å². The Labute approximate surface area is 348 Å². The summed E-state index contributed by atoms with van der Waals surface area (Å²) in [6.45, 7) is 0.264. The molecule has 10 nitrogen and oxygen atoms in total. The van der Waals surface area contributed by atoms with Gasteiger partial charge in [0.15, 0.2) is 23.2 Å². The summed E-state index contributed by atoms with van der Waals surface area (Å²) in [7, 11) is 3.34. The number of nitrogens with zero attached hydrogens (tertiary/aromatic N) is 4. The van der Waals surface area contributed by atoms with E-state index >= 15 is 0 Å². The van der Waals surface area contributed by atoms with E-state index in [4.69, 9.17) is 38.6 Å². The van der Waals surface area contributed by atoms with Gasteiger partial charge < -0.3 is 29.0 Å². The maximum Gasteiger partial charge on any atom is 0.167 e. The first kappa shape index (κ1) is 37.4. The van der Waals surface area contributed by atoms with Gasteiger partial charge in [-0.2, -0.15) is 0 Å². The van der Waals surface area contributed by atoms with E-state index in [1.165, 1.54) is 0 Å². The number of ether oxygens (including phenoxy) is 5. The molecular formula is C50H43N5O5. The van der Waals surface area contributed by atoms with Gasteiger partial charge in [-0.3, -0.25) is 4.57 Å². The Bertz CT molecular complexity index is 2600. The first-order valence-electron chi connectivity index (χ1n) is 20.0.